The molecule has 0 spiro atoms. The molecule has 34 heavy (non-hydrogen) atoms. The average Bonchev–Trinajstić information content (AvgIpc) is 3.12. The van der Waals surface area contributed by atoms with Crippen molar-refractivity contribution >= 4 is 21.9 Å². The Bertz CT molecular complexity index is 786. The maximum atomic E-state index is 12.1. The van der Waals surface area contributed by atoms with E-state index in [2.05, 4.69) is 57.5 Å². The summed E-state index contributed by atoms with van der Waals surface area (Å²) in [6.45, 7) is 16.5. The summed E-state index contributed by atoms with van der Waals surface area (Å²) < 4.78 is 6.00. The van der Waals surface area contributed by atoms with Gasteiger partial charge in [-0.3, -0.25) is 4.79 Å². The van der Waals surface area contributed by atoms with Gasteiger partial charge in [0.15, 0.2) is 0 Å². The van der Waals surface area contributed by atoms with Gasteiger partial charge in [0, 0.05) is 18.2 Å². The molecule has 2 nitrogen and oxygen atoms in total. The molecule has 3 heteroatoms. The maximum absolute atomic E-state index is 12.1. The fourth-order valence-corrected chi connectivity index (χ4v) is 10.2. The molecule has 0 radical (unpaired) electrons. The predicted octanol–water partition coefficient (Wildman–Crippen LogP) is 9.32. The Hall–Kier alpha value is -0.310. The van der Waals surface area contributed by atoms with Crippen molar-refractivity contribution in [3.63, 3.8) is 0 Å². The molecule has 0 aromatic carbocycles. The van der Waals surface area contributed by atoms with E-state index in [4.69, 9.17) is 4.74 Å². The lowest BCUT2D eigenvalue weighted by Crippen LogP contribution is -2.51. The minimum absolute atomic E-state index is 0.132. The van der Waals surface area contributed by atoms with E-state index in [1.807, 2.05) is 0 Å². The first-order chi connectivity index (χ1) is 16.0. The summed E-state index contributed by atoms with van der Waals surface area (Å²) >= 11 is 3.90. The summed E-state index contributed by atoms with van der Waals surface area (Å²) in [5.74, 6) is 6.52. The Kier molecular flexibility index (Phi) is 8.04. The number of rotatable bonds is 7. The van der Waals surface area contributed by atoms with Crippen LogP contribution in [0, 0.1) is 52.3 Å². The van der Waals surface area contributed by atoms with Crippen LogP contribution in [-0.2, 0) is 9.53 Å². The number of hydrogen-bond acceptors (Lipinski definition) is 2. The molecule has 3 fully saturated rings. The van der Waals surface area contributed by atoms with Gasteiger partial charge in [-0.15, -0.1) is 0 Å². The third-order valence-corrected chi connectivity index (χ3v) is 12.4. The van der Waals surface area contributed by atoms with E-state index >= 15 is 0 Å². The number of esters is 1. The Morgan fingerprint density at radius 2 is 1.76 bits per heavy atom. The van der Waals surface area contributed by atoms with Crippen LogP contribution in [0.3, 0.4) is 0 Å². The monoisotopic (exact) mass is 534 g/mol. The molecule has 3 saturated carbocycles. The fraction of sp³-hybridized carbons (Fsp3) is 0.903. The molecule has 0 aromatic heterocycles. The van der Waals surface area contributed by atoms with Crippen molar-refractivity contribution in [2.24, 2.45) is 52.3 Å². The standard InChI is InChI=1S/C31H51BrO2/c1-8-22(19(2)3)10-9-20(4)25-11-12-26-24-18-29(34-21(5)33)28-17-23(32)13-15-31(28,7)27(24)14-16-30(25,26)6/h19-20,22-27H,8-18H2,1-7H3/t20-,22-,23+,24+,25-,26+,27+,30-,31-/m1/s1. The van der Waals surface area contributed by atoms with E-state index < -0.39 is 0 Å². The third kappa shape index (κ3) is 4.70. The number of ether oxygens (including phenoxy) is 1. The van der Waals surface area contributed by atoms with E-state index in [1.54, 1.807) is 6.92 Å². The number of allylic oxidation sites excluding steroid dienone is 2. The molecular formula is C31H51BrO2. The second kappa shape index (κ2) is 10.2. The molecule has 4 aliphatic carbocycles. The van der Waals surface area contributed by atoms with Crippen LogP contribution in [0.5, 0.6) is 0 Å². The lowest BCUT2D eigenvalue weighted by Gasteiger charge is -2.59. The van der Waals surface area contributed by atoms with E-state index in [9.17, 15) is 4.79 Å². The second-order valence-corrected chi connectivity index (χ2v) is 14.8. The molecule has 0 N–H and O–H groups in total. The zero-order valence-electron chi connectivity index (χ0n) is 23.1. The number of carbonyl (C=O) groups is 1. The topological polar surface area (TPSA) is 26.3 Å². The molecule has 0 amide bonds. The lowest BCUT2D eigenvalue weighted by atomic mass is 9.46. The van der Waals surface area contributed by atoms with E-state index in [-0.39, 0.29) is 11.4 Å². The van der Waals surface area contributed by atoms with E-state index in [1.165, 1.54) is 63.4 Å². The van der Waals surface area contributed by atoms with Crippen molar-refractivity contribution in [2.45, 2.75) is 124 Å². The molecule has 0 unspecified atom stereocenters. The van der Waals surface area contributed by atoms with Crippen LogP contribution in [0.15, 0.2) is 11.3 Å². The average molecular weight is 536 g/mol. The first-order valence-electron chi connectivity index (χ1n) is 14.6. The summed E-state index contributed by atoms with van der Waals surface area (Å²) in [6.07, 6.45) is 14.2. The van der Waals surface area contributed by atoms with Gasteiger partial charge in [-0.2, -0.15) is 0 Å². The number of carbonyl (C=O) groups excluding carboxylic acids is 1. The highest BCUT2D eigenvalue weighted by atomic mass is 79.9. The Labute approximate surface area is 218 Å². The largest absolute Gasteiger partial charge is 0.431 e. The fourth-order valence-electron chi connectivity index (χ4n) is 9.65. The molecule has 0 aliphatic heterocycles. The maximum Gasteiger partial charge on any atom is 0.307 e. The van der Waals surface area contributed by atoms with Crippen molar-refractivity contribution in [1.29, 1.82) is 0 Å². The van der Waals surface area contributed by atoms with Crippen LogP contribution >= 0.6 is 15.9 Å². The quantitative estimate of drug-likeness (QED) is 0.240. The van der Waals surface area contributed by atoms with Crippen LogP contribution in [0.2, 0.25) is 0 Å². The minimum atomic E-state index is -0.132. The summed E-state index contributed by atoms with van der Waals surface area (Å²) in [7, 11) is 0. The molecule has 0 saturated heterocycles. The number of fused-ring (bicyclic) bond motifs is 5. The predicted molar refractivity (Wildman–Crippen MR) is 146 cm³/mol. The number of halogens is 1. The van der Waals surface area contributed by atoms with Crippen LogP contribution in [-0.4, -0.2) is 10.8 Å². The second-order valence-electron chi connectivity index (χ2n) is 13.5. The van der Waals surface area contributed by atoms with Crippen LogP contribution in [0.1, 0.15) is 119 Å². The van der Waals surface area contributed by atoms with Crippen molar-refractivity contribution in [2.75, 3.05) is 0 Å². The van der Waals surface area contributed by atoms with Gasteiger partial charge < -0.3 is 4.74 Å². The first kappa shape index (κ1) is 26.7. The molecular weight excluding hydrogens is 484 g/mol. The first-order valence-corrected chi connectivity index (χ1v) is 15.5. The zero-order valence-corrected chi connectivity index (χ0v) is 24.7. The van der Waals surface area contributed by atoms with Crippen LogP contribution in [0.25, 0.3) is 0 Å². The highest BCUT2D eigenvalue weighted by molar-refractivity contribution is 9.09. The number of alkyl halides is 1. The number of hydrogen-bond donors (Lipinski definition) is 0. The van der Waals surface area contributed by atoms with Gasteiger partial charge in [0.2, 0.25) is 0 Å². The van der Waals surface area contributed by atoms with Gasteiger partial charge in [-0.1, -0.05) is 70.3 Å². The van der Waals surface area contributed by atoms with Gasteiger partial charge in [0.05, 0.1) is 0 Å². The summed E-state index contributed by atoms with van der Waals surface area (Å²) in [6, 6.07) is 0. The van der Waals surface area contributed by atoms with Crippen molar-refractivity contribution in [1.82, 2.24) is 0 Å². The van der Waals surface area contributed by atoms with E-state index in [0.717, 1.165) is 54.1 Å². The summed E-state index contributed by atoms with van der Waals surface area (Å²) in [4.78, 5) is 12.6. The van der Waals surface area contributed by atoms with Gasteiger partial charge in [0.1, 0.15) is 5.76 Å². The molecule has 0 aromatic rings. The highest BCUT2D eigenvalue weighted by Crippen LogP contribution is 2.68. The summed E-state index contributed by atoms with van der Waals surface area (Å²) in [5, 5.41) is 0. The third-order valence-electron chi connectivity index (χ3n) is 11.6. The highest BCUT2D eigenvalue weighted by Gasteiger charge is 2.60. The Morgan fingerprint density at radius 3 is 2.41 bits per heavy atom. The molecule has 4 aliphatic rings. The lowest BCUT2D eigenvalue weighted by molar-refractivity contribution is -0.139. The van der Waals surface area contributed by atoms with Gasteiger partial charge >= 0.3 is 5.97 Å². The smallest absolute Gasteiger partial charge is 0.307 e. The molecule has 0 heterocycles. The van der Waals surface area contributed by atoms with Crippen LogP contribution < -0.4 is 0 Å². The molecule has 194 valence electrons. The zero-order chi connectivity index (χ0) is 24.8. The van der Waals surface area contributed by atoms with E-state index in [0.29, 0.717) is 16.2 Å². The minimum Gasteiger partial charge on any atom is -0.431 e. The summed E-state index contributed by atoms with van der Waals surface area (Å²) in [5.41, 5.74) is 2.15. The normalized spacial score (nSPS) is 41.5. The van der Waals surface area contributed by atoms with Gasteiger partial charge in [-0.25, -0.2) is 0 Å². The van der Waals surface area contributed by atoms with Crippen molar-refractivity contribution in [3.05, 3.63) is 11.3 Å². The Morgan fingerprint density at radius 1 is 1.03 bits per heavy atom. The SMILES string of the molecule is CC[C@H](CC[C@@H](C)[C@H]1CC[C@H]2[C@@H]3CC(OC(C)=O)=C4C[C@@H](Br)CC[C@]4(C)[C@H]3CC[C@]12C)C(C)C. The van der Waals surface area contributed by atoms with Crippen molar-refractivity contribution < 1.29 is 9.53 Å². The Balaban J connectivity index is 1.56. The van der Waals surface area contributed by atoms with Crippen LogP contribution in [0.4, 0.5) is 0 Å². The van der Waals surface area contributed by atoms with Crippen molar-refractivity contribution in [3.8, 4) is 0 Å². The van der Waals surface area contributed by atoms with Gasteiger partial charge in [0.25, 0.3) is 0 Å². The molecule has 4 rings (SSSR count). The van der Waals surface area contributed by atoms with Gasteiger partial charge in [-0.05, 0) is 109 Å². The molecule has 0 bridgehead atoms. The molecule has 9 atom stereocenters.